The van der Waals surface area contributed by atoms with Gasteiger partial charge in [0.1, 0.15) is 18.3 Å². The van der Waals surface area contributed by atoms with Crippen LogP contribution in [-0.4, -0.2) is 55.1 Å². The van der Waals surface area contributed by atoms with E-state index in [0.29, 0.717) is 24.8 Å². The molecule has 8 nitrogen and oxygen atoms in total. The highest BCUT2D eigenvalue weighted by atomic mass is 16.5. The van der Waals surface area contributed by atoms with Gasteiger partial charge in [0.25, 0.3) is 5.91 Å². The number of nitrogens with one attached hydrogen (secondary N) is 1. The van der Waals surface area contributed by atoms with E-state index in [2.05, 4.69) is 25.1 Å². The van der Waals surface area contributed by atoms with E-state index in [1.165, 1.54) is 6.33 Å². The molecule has 1 aliphatic heterocycles. The summed E-state index contributed by atoms with van der Waals surface area (Å²) >= 11 is 0. The van der Waals surface area contributed by atoms with Crippen molar-refractivity contribution in [2.24, 2.45) is 0 Å². The van der Waals surface area contributed by atoms with Gasteiger partial charge in [-0.2, -0.15) is 10.1 Å². The Kier molecular flexibility index (Phi) is 3.76. The summed E-state index contributed by atoms with van der Waals surface area (Å²) in [6, 6.07) is 1.75. The zero-order chi connectivity index (χ0) is 14.7. The van der Waals surface area contributed by atoms with Crippen LogP contribution in [-0.2, 0) is 0 Å². The topological polar surface area (TPSA) is 96.9 Å². The van der Waals surface area contributed by atoms with E-state index in [4.69, 9.17) is 4.74 Å². The average molecular weight is 288 g/mol. The third-order valence-corrected chi connectivity index (χ3v) is 3.38. The van der Waals surface area contributed by atoms with Crippen molar-refractivity contribution in [3.63, 3.8) is 0 Å². The fraction of sp³-hybridized carbons (Fsp3) is 0.462. The lowest BCUT2D eigenvalue weighted by Crippen LogP contribution is -2.42. The minimum Gasteiger partial charge on any atom is -0.474 e. The molecule has 0 aliphatic carbocycles. The Balaban J connectivity index is 1.54. The van der Waals surface area contributed by atoms with E-state index < -0.39 is 0 Å². The number of amides is 1. The number of piperidine rings is 1. The minimum atomic E-state index is -0.121. The number of hydrogen-bond acceptors (Lipinski definition) is 6. The van der Waals surface area contributed by atoms with Crippen LogP contribution in [0.1, 0.15) is 29.3 Å². The Morgan fingerprint density at radius 2 is 2.19 bits per heavy atom. The fourth-order valence-electron chi connectivity index (χ4n) is 2.31. The Hall–Kier alpha value is -2.51. The molecule has 0 bridgehead atoms. The first-order valence-corrected chi connectivity index (χ1v) is 6.83. The first-order valence-electron chi connectivity index (χ1n) is 6.83. The van der Waals surface area contributed by atoms with Crippen LogP contribution >= 0.6 is 0 Å². The van der Waals surface area contributed by atoms with Gasteiger partial charge in [-0.25, -0.2) is 9.97 Å². The second-order valence-electron chi connectivity index (χ2n) is 4.89. The molecular formula is C13H16N6O2. The zero-order valence-electron chi connectivity index (χ0n) is 11.7. The lowest BCUT2D eigenvalue weighted by atomic mass is 10.1. The quantitative estimate of drug-likeness (QED) is 0.887. The van der Waals surface area contributed by atoms with Gasteiger partial charge in [-0.15, -0.1) is 0 Å². The number of carbonyl (C=O) groups excluding carboxylic acids is 1. The van der Waals surface area contributed by atoms with Crippen LogP contribution in [0.5, 0.6) is 5.88 Å². The summed E-state index contributed by atoms with van der Waals surface area (Å²) < 4.78 is 5.83. The summed E-state index contributed by atoms with van der Waals surface area (Å²) in [6.45, 7) is 3.09. The van der Waals surface area contributed by atoms with Crippen molar-refractivity contribution in [1.82, 2.24) is 30.0 Å². The van der Waals surface area contributed by atoms with Gasteiger partial charge in [0.15, 0.2) is 0 Å². The molecule has 2 aromatic rings. The summed E-state index contributed by atoms with van der Waals surface area (Å²) in [5.74, 6) is 1.43. The van der Waals surface area contributed by atoms with Crippen molar-refractivity contribution in [2.75, 3.05) is 13.1 Å². The number of aromatic nitrogens is 5. The summed E-state index contributed by atoms with van der Waals surface area (Å²) in [5.41, 5.74) is 0. The molecule has 0 radical (unpaired) electrons. The molecule has 1 N–H and O–H groups in total. The molecule has 1 saturated heterocycles. The number of likely N-dealkylation sites (tertiary alicyclic amines) is 1. The highest BCUT2D eigenvalue weighted by Crippen LogP contribution is 2.17. The maximum atomic E-state index is 12.1. The second-order valence-corrected chi connectivity index (χ2v) is 4.89. The molecule has 3 heterocycles. The van der Waals surface area contributed by atoms with Crippen LogP contribution in [0.25, 0.3) is 0 Å². The zero-order valence-corrected chi connectivity index (χ0v) is 11.7. The van der Waals surface area contributed by atoms with Gasteiger partial charge in [-0.05, 0) is 6.92 Å². The van der Waals surface area contributed by atoms with Crippen LogP contribution < -0.4 is 4.74 Å². The lowest BCUT2D eigenvalue weighted by molar-refractivity contribution is 0.0577. The number of H-pyrrole nitrogens is 1. The molecule has 1 amide bonds. The Morgan fingerprint density at radius 1 is 1.38 bits per heavy atom. The number of aryl methyl sites for hydroxylation is 1. The van der Waals surface area contributed by atoms with Gasteiger partial charge in [0, 0.05) is 38.2 Å². The standard InChI is InChI=1S/C13H16N6O2/c1-9-14-5-2-11(17-9)21-10-3-6-19(7-4-10)13(20)12-15-8-16-18-12/h2,5,8,10H,3-4,6-7H2,1H3,(H,15,16,18). The van der Waals surface area contributed by atoms with E-state index in [1.807, 2.05) is 6.92 Å². The SMILES string of the molecule is Cc1nccc(OC2CCN(C(=O)c3ncn[nH]3)CC2)n1. The number of ether oxygens (including phenoxy) is 1. The molecule has 2 aromatic heterocycles. The molecule has 0 atom stereocenters. The van der Waals surface area contributed by atoms with Gasteiger partial charge in [-0.1, -0.05) is 0 Å². The van der Waals surface area contributed by atoms with E-state index in [0.717, 1.165) is 12.8 Å². The van der Waals surface area contributed by atoms with Crippen LogP contribution in [0.3, 0.4) is 0 Å². The molecule has 0 unspecified atom stereocenters. The van der Waals surface area contributed by atoms with Crippen molar-refractivity contribution in [3.05, 3.63) is 30.2 Å². The van der Waals surface area contributed by atoms with Crippen molar-refractivity contribution >= 4 is 5.91 Å². The van der Waals surface area contributed by atoms with Crippen molar-refractivity contribution in [3.8, 4) is 5.88 Å². The monoisotopic (exact) mass is 288 g/mol. The third-order valence-electron chi connectivity index (χ3n) is 3.38. The third kappa shape index (κ3) is 3.15. The van der Waals surface area contributed by atoms with Crippen LogP contribution in [0.15, 0.2) is 18.6 Å². The number of rotatable bonds is 3. The van der Waals surface area contributed by atoms with Gasteiger partial charge in [-0.3, -0.25) is 9.89 Å². The summed E-state index contributed by atoms with van der Waals surface area (Å²) in [4.78, 5) is 26.0. The van der Waals surface area contributed by atoms with E-state index in [-0.39, 0.29) is 17.8 Å². The van der Waals surface area contributed by atoms with Crippen molar-refractivity contribution in [2.45, 2.75) is 25.9 Å². The average Bonchev–Trinajstić information content (AvgIpc) is 3.01. The number of hydrogen-bond donors (Lipinski definition) is 1. The normalized spacial score (nSPS) is 16.0. The fourth-order valence-corrected chi connectivity index (χ4v) is 2.31. The molecular weight excluding hydrogens is 272 g/mol. The Labute approximate surface area is 121 Å². The second kappa shape index (κ2) is 5.86. The maximum Gasteiger partial charge on any atom is 0.291 e. The van der Waals surface area contributed by atoms with E-state index in [1.54, 1.807) is 17.2 Å². The highest BCUT2D eigenvalue weighted by Gasteiger charge is 2.26. The van der Waals surface area contributed by atoms with Gasteiger partial charge in [0.05, 0.1) is 0 Å². The maximum absolute atomic E-state index is 12.1. The Morgan fingerprint density at radius 3 is 2.86 bits per heavy atom. The van der Waals surface area contributed by atoms with Gasteiger partial charge >= 0.3 is 0 Å². The highest BCUT2D eigenvalue weighted by molar-refractivity contribution is 5.90. The molecule has 1 fully saturated rings. The smallest absolute Gasteiger partial charge is 0.291 e. The molecule has 110 valence electrons. The molecule has 0 aromatic carbocycles. The number of aromatic amines is 1. The molecule has 0 saturated carbocycles. The van der Waals surface area contributed by atoms with Gasteiger partial charge in [0.2, 0.25) is 11.7 Å². The molecule has 3 rings (SSSR count). The van der Waals surface area contributed by atoms with Crippen molar-refractivity contribution < 1.29 is 9.53 Å². The molecule has 1 aliphatic rings. The van der Waals surface area contributed by atoms with Crippen LogP contribution in [0, 0.1) is 6.92 Å². The largest absolute Gasteiger partial charge is 0.474 e. The van der Waals surface area contributed by atoms with Gasteiger partial charge < -0.3 is 9.64 Å². The van der Waals surface area contributed by atoms with Crippen LogP contribution in [0.4, 0.5) is 0 Å². The van der Waals surface area contributed by atoms with Crippen LogP contribution in [0.2, 0.25) is 0 Å². The molecule has 0 spiro atoms. The first-order chi connectivity index (χ1) is 10.2. The summed E-state index contributed by atoms with van der Waals surface area (Å²) in [6.07, 6.45) is 4.62. The van der Waals surface area contributed by atoms with E-state index >= 15 is 0 Å². The van der Waals surface area contributed by atoms with E-state index in [9.17, 15) is 4.79 Å². The lowest BCUT2D eigenvalue weighted by Gasteiger charge is -2.31. The number of nitrogens with zero attached hydrogens (tertiary/aromatic N) is 5. The predicted molar refractivity (Wildman–Crippen MR) is 72.7 cm³/mol. The van der Waals surface area contributed by atoms with Crippen molar-refractivity contribution in [1.29, 1.82) is 0 Å². The first kappa shape index (κ1) is 13.5. The summed E-state index contributed by atoms with van der Waals surface area (Å²) in [7, 11) is 0. The molecule has 8 heteroatoms. The predicted octanol–water partition coefficient (Wildman–Crippen LogP) is 0.587. The number of carbonyl (C=O) groups is 1. The minimum absolute atomic E-state index is 0.0677. The Bertz CT molecular complexity index is 607. The summed E-state index contributed by atoms with van der Waals surface area (Å²) in [5, 5.41) is 6.29. The molecule has 21 heavy (non-hydrogen) atoms.